The molecule has 0 aromatic heterocycles. The molecule has 9 atom stereocenters. The molecule has 0 aromatic carbocycles. The average molecular weight is 335 g/mol. The number of carbonyl (C=O) groups excluding carboxylic acids is 1. The van der Waals surface area contributed by atoms with E-state index in [0.29, 0.717) is 29.5 Å². The first-order valence-electron chi connectivity index (χ1n) is 10.1. The molecule has 4 rings (SSSR count). The summed E-state index contributed by atoms with van der Waals surface area (Å²) in [7, 11) is 0. The zero-order valence-corrected chi connectivity index (χ0v) is 15.5. The molecule has 4 saturated carbocycles. The van der Waals surface area contributed by atoms with Crippen molar-refractivity contribution in [1.82, 2.24) is 0 Å². The van der Waals surface area contributed by atoms with Gasteiger partial charge in [0.1, 0.15) is 5.78 Å². The van der Waals surface area contributed by atoms with E-state index < -0.39 is 0 Å². The Bertz CT molecular complexity index is 531. The van der Waals surface area contributed by atoms with Crippen LogP contribution in [0, 0.1) is 40.4 Å². The van der Waals surface area contributed by atoms with Gasteiger partial charge < -0.3 is 10.2 Å². The molecule has 2 N–H and O–H groups in total. The summed E-state index contributed by atoms with van der Waals surface area (Å²) in [5.74, 6) is 2.58. The van der Waals surface area contributed by atoms with Crippen LogP contribution >= 0.6 is 0 Å². The molecule has 0 aromatic rings. The van der Waals surface area contributed by atoms with Gasteiger partial charge in [0, 0.05) is 5.92 Å². The number of hydrogen-bond donors (Lipinski definition) is 2. The van der Waals surface area contributed by atoms with E-state index in [9.17, 15) is 15.0 Å². The van der Waals surface area contributed by atoms with Crippen LogP contribution in [0.4, 0.5) is 0 Å². The first kappa shape index (κ1) is 17.0. The maximum atomic E-state index is 12.2. The molecule has 4 fully saturated rings. The second kappa shape index (κ2) is 5.54. The summed E-state index contributed by atoms with van der Waals surface area (Å²) in [5.41, 5.74) is 0.182. The van der Waals surface area contributed by atoms with Gasteiger partial charge in [-0.05, 0) is 92.8 Å². The molecule has 0 aliphatic heterocycles. The van der Waals surface area contributed by atoms with Gasteiger partial charge in [-0.2, -0.15) is 0 Å². The third-order valence-corrected chi connectivity index (χ3v) is 9.06. The third-order valence-electron chi connectivity index (χ3n) is 9.06. The lowest BCUT2D eigenvalue weighted by atomic mass is 9.44. The van der Waals surface area contributed by atoms with Gasteiger partial charge in [-0.3, -0.25) is 4.79 Å². The fraction of sp³-hybridized carbons (Fsp3) is 0.952. The van der Waals surface area contributed by atoms with Crippen LogP contribution in [0.5, 0.6) is 0 Å². The van der Waals surface area contributed by atoms with Crippen molar-refractivity contribution in [3.63, 3.8) is 0 Å². The molecule has 0 heterocycles. The number of aliphatic hydroxyl groups excluding tert-OH is 2. The van der Waals surface area contributed by atoms with Gasteiger partial charge in [0.05, 0.1) is 12.2 Å². The highest BCUT2D eigenvalue weighted by Crippen LogP contribution is 2.67. The minimum Gasteiger partial charge on any atom is -0.393 e. The van der Waals surface area contributed by atoms with Crippen LogP contribution in [0.3, 0.4) is 0 Å². The van der Waals surface area contributed by atoms with Gasteiger partial charge in [0.15, 0.2) is 0 Å². The number of rotatable bonds is 1. The molecule has 0 saturated heterocycles. The molecule has 136 valence electrons. The molecular formula is C21H34O3. The SMILES string of the molecule is CC(=O)[C@@H]1CC[C@@H]2[C@H]3CC[C@H]4C[C@@H](O)CC[C@]4(C)[C@@H]3[C@H](O)C[C@]21C. The summed E-state index contributed by atoms with van der Waals surface area (Å²) in [4.78, 5) is 12.2. The van der Waals surface area contributed by atoms with E-state index in [2.05, 4.69) is 13.8 Å². The number of ketones is 1. The standard InChI is InChI=1S/C21H34O3/c1-12(22)16-6-7-17-15-5-4-13-10-14(23)8-9-20(13,2)19(15)18(24)11-21(16,17)3/h13-19,23-24H,4-11H2,1-3H3/t13-,14-,15+,16-,17+,18+,19-,20-,21-/m0/s1. The molecule has 0 amide bonds. The highest BCUT2D eigenvalue weighted by atomic mass is 16.3. The highest BCUT2D eigenvalue weighted by Gasteiger charge is 2.63. The number of aliphatic hydroxyl groups is 2. The van der Waals surface area contributed by atoms with Crippen molar-refractivity contribution in [1.29, 1.82) is 0 Å². The Hall–Kier alpha value is -0.410. The minimum atomic E-state index is -0.278. The molecular weight excluding hydrogens is 300 g/mol. The van der Waals surface area contributed by atoms with E-state index in [4.69, 9.17) is 0 Å². The van der Waals surface area contributed by atoms with Crippen molar-refractivity contribution >= 4 is 5.78 Å². The fourth-order valence-electron chi connectivity index (χ4n) is 8.03. The van der Waals surface area contributed by atoms with Crippen molar-refractivity contribution in [2.24, 2.45) is 40.4 Å². The summed E-state index contributed by atoms with van der Waals surface area (Å²) in [6.07, 6.45) is 7.80. The number of fused-ring (bicyclic) bond motifs is 5. The molecule has 3 heteroatoms. The predicted molar refractivity (Wildman–Crippen MR) is 93.3 cm³/mol. The van der Waals surface area contributed by atoms with Gasteiger partial charge >= 0.3 is 0 Å². The normalized spacial score (nSPS) is 57.0. The Morgan fingerprint density at radius 2 is 1.75 bits per heavy atom. The molecule has 0 bridgehead atoms. The number of hydrogen-bond acceptors (Lipinski definition) is 3. The van der Waals surface area contributed by atoms with Gasteiger partial charge in [0.25, 0.3) is 0 Å². The second-order valence-corrected chi connectivity index (χ2v) is 10.0. The van der Waals surface area contributed by atoms with Gasteiger partial charge in [0.2, 0.25) is 0 Å². The first-order valence-corrected chi connectivity index (χ1v) is 10.1. The van der Waals surface area contributed by atoms with Gasteiger partial charge in [-0.1, -0.05) is 13.8 Å². The van der Waals surface area contributed by atoms with E-state index >= 15 is 0 Å². The van der Waals surface area contributed by atoms with Crippen LogP contribution in [0.15, 0.2) is 0 Å². The molecule has 4 aliphatic rings. The van der Waals surface area contributed by atoms with E-state index in [1.54, 1.807) is 6.92 Å². The Morgan fingerprint density at radius 3 is 2.46 bits per heavy atom. The third kappa shape index (κ3) is 2.19. The van der Waals surface area contributed by atoms with Crippen molar-refractivity contribution in [3.05, 3.63) is 0 Å². The van der Waals surface area contributed by atoms with E-state index in [1.807, 2.05) is 0 Å². The summed E-state index contributed by atoms with van der Waals surface area (Å²) in [5, 5.41) is 21.3. The Labute approximate surface area is 146 Å². The van der Waals surface area contributed by atoms with E-state index in [1.165, 1.54) is 12.8 Å². The van der Waals surface area contributed by atoms with Crippen molar-refractivity contribution in [2.75, 3.05) is 0 Å². The van der Waals surface area contributed by atoms with Gasteiger partial charge in [-0.25, -0.2) is 0 Å². The lowest BCUT2D eigenvalue weighted by molar-refractivity contribution is -0.178. The van der Waals surface area contributed by atoms with Crippen LogP contribution in [0.25, 0.3) is 0 Å². The average Bonchev–Trinajstić information content (AvgIpc) is 2.84. The number of carbonyl (C=O) groups is 1. The maximum Gasteiger partial charge on any atom is 0.133 e. The quantitative estimate of drug-likeness (QED) is 0.771. The molecule has 24 heavy (non-hydrogen) atoms. The summed E-state index contributed by atoms with van der Waals surface area (Å²) >= 11 is 0. The smallest absolute Gasteiger partial charge is 0.133 e. The second-order valence-electron chi connectivity index (χ2n) is 10.0. The summed E-state index contributed by atoms with van der Waals surface area (Å²) in [6, 6.07) is 0. The van der Waals surface area contributed by atoms with Crippen LogP contribution in [0.1, 0.15) is 72.1 Å². The zero-order valence-electron chi connectivity index (χ0n) is 15.5. The zero-order chi connectivity index (χ0) is 17.3. The van der Waals surface area contributed by atoms with Gasteiger partial charge in [-0.15, -0.1) is 0 Å². The largest absolute Gasteiger partial charge is 0.393 e. The van der Waals surface area contributed by atoms with E-state index in [-0.39, 0.29) is 29.0 Å². The van der Waals surface area contributed by atoms with Crippen molar-refractivity contribution < 1.29 is 15.0 Å². The highest BCUT2D eigenvalue weighted by molar-refractivity contribution is 5.79. The van der Waals surface area contributed by atoms with Crippen LogP contribution < -0.4 is 0 Å². The molecule has 4 aliphatic carbocycles. The number of Topliss-reactive ketones (excluding diaryl/α,β-unsaturated/α-hetero) is 1. The predicted octanol–water partition coefficient (Wildman–Crippen LogP) is 3.57. The van der Waals surface area contributed by atoms with E-state index in [0.717, 1.165) is 38.5 Å². The molecule has 0 radical (unpaired) electrons. The van der Waals surface area contributed by atoms with Crippen LogP contribution in [-0.2, 0) is 4.79 Å². The summed E-state index contributed by atoms with van der Waals surface area (Å²) < 4.78 is 0. The molecule has 0 unspecified atom stereocenters. The van der Waals surface area contributed by atoms with Crippen LogP contribution in [-0.4, -0.2) is 28.2 Å². The summed E-state index contributed by atoms with van der Waals surface area (Å²) in [6.45, 7) is 6.43. The molecule has 3 nitrogen and oxygen atoms in total. The Kier molecular flexibility index (Phi) is 3.93. The van der Waals surface area contributed by atoms with Crippen LogP contribution in [0.2, 0.25) is 0 Å². The Morgan fingerprint density at radius 1 is 1.00 bits per heavy atom. The maximum absolute atomic E-state index is 12.2. The fourth-order valence-corrected chi connectivity index (χ4v) is 8.03. The minimum absolute atomic E-state index is 0.00376. The van der Waals surface area contributed by atoms with Crippen molar-refractivity contribution in [3.8, 4) is 0 Å². The molecule has 0 spiro atoms. The lowest BCUT2D eigenvalue weighted by Crippen LogP contribution is -2.59. The van der Waals surface area contributed by atoms with Crippen molar-refractivity contribution in [2.45, 2.75) is 84.3 Å². The lowest BCUT2D eigenvalue weighted by Gasteiger charge is -2.62. The topological polar surface area (TPSA) is 57.5 Å². The monoisotopic (exact) mass is 334 g/mol. The Balaban J connectivity index is 1.67. The first-order chi connectivity index (χ1) is 11.3.